The van der Waals surface area contributed by atoms with E-state index in [0.29, 0.717) is 22.0 Å². The standard InChI is InChI=1S/C16H17N3O2S/c20-16(19-13-9-10-1-2-12(13)18-10)14-3-4-15(22-14)21-11-5-7-17-8-6-11/h3-8,10,12-13,18H,1-2,9H2,(H,19,20). The van der Waals surface area contributed by atoms with E-state index in [9.17, 15) is 4.79 Å². The van der Waals surface area contributed by atoms with Crippen molar-refractivity contribution in [2.45, 2.75) is 37.4 Å². The van der Waals surface area contributed by atoms with Gasteiger partial charge in [-0.05, 0) is 43.5 Å². The molecule has 2 bridgehead atoms. The Kier molecular flexibility index (Phi) is 3.56. The monoisotopic (exact) mass is 315 g/mol. The van der Waals surface area contributed by atoms with E-state index in [1.54, 1.807) is 24.5 Å². The Labute approximate surface area is 132 Å². The van der Waals surface area contributed by atoms with Crippen LogP contribution in [0.2, 0.25) is 0 Å². The summed E-state index contributed by atoms with van der Waals surface area (Å²) < 4.78 is 5.71. The number of thiophene rings is 1. The third-order valence-corrected chi connectivity index (χ3v) is 5.25. The van der Waals surface area contributed by atoms with Crippen LogP contribution in [-0.4, -0.2) is 29.0 Å². The van der Waals surface area contributed by atoms with E-state index in [2.05, 4.69) is 15.6 Å². The van der Waals surface area contributed by atoms with Gasteiger partial charge < -0.3 is 15.4 Å². The maximum atomic E-state index is 12.3. The zero-order valence-electron chi connectivity index (χ0n) is 12.0. The van der Waals surface area contributed by atoms with E-state index in [0.717, 1.165) is 18.6 Å². The number of carbonyl (C=O) groups excluding carboxylic acids is 1. The summed E-state index contributed by atoms with van der Waals surface area (Å²) in [6.07, 6.45) is 6.80. The second kappa shape index (κ2) is 5.70. The summed E-state index contributed by atoms with van der Waals surface area (Å²) in [6.45, 7) is 0. The molecule has 114 valence electrons. The molecule has 0 aliphatic carbocycles. The fourth-order valence-corrected chi connectivity index (χ4v) is 4.02. The van der Waals surface area contributed by atoms with Gasteiger partial charge in [0.2, 0.25) is 0 Å². The number of hydrogen-bond acceptors (Lipinski definition) is 5. The number of aromatic nitrogens is 1. The molecule has 4 rings (SSSR count). The molecule has 6 heteroatoms. The maximum Gasteiger partial charge on any atom is 0.261 e. The summed E-state index contributed by atoms with van der Waals surface area (Å²) in [7, 11) is 0. The minimum Gasteiger partial charge on any atom is -0.447 e. The number of nitrogens with zero attached hydrogens (tertiary/aromatic N) is 1. The molecule has 0 saturated carbocycles. The topological polar surface area (TPSA) is 63.2 Å². The van der Waals surface area contributed by atoms with Gasteiger partial charge in [-0.2, -0.15) is 0 Å². The smallest absolute Gasteiger partial charge is 0.261 e. The van der Waals surface area contributed by atoms with Gasteiger partial charge in [0, 0.05) is 30.5 Å². The number of fused-ring (bicyclic) bond motifs is 2. The van der Waals surface area contributed by atoms with E-state index >= 15 is 0 Å². The van der Waals surface area contributed by atoms with Crippen molar-refractivity contribution in [2.75, 3.05) is 0 Å². The first kappa shape index (κ1) is 13.7. The Morgan fingerprint density at radius 2 is 2.14 bits per heavy atom. The maximum absolute atomic E-state index is 12.3. The summed E-state index contributed by atoms with van der Waals surface area (Å²) in [6, 6.07) is 8.53. The van der Waals surface area contributed by atoms with Crippen LogP contribution in [0.3, 0.4) is 0 Å². The normalized spacial score (nSPS) is 26.1. The van der Waals surface area contributed by atoms with Crippen LogP contribution in [-0.2, 0) is 0 Å². The average molecular weight is 315 g/mol. The van der Waals surface area contributed by atoms with Gasteiger partial charge in [0.05, 0.1) is 4.88 Å². The zero-order chi connectivity index (χ0) is 14.9. The van der Waals surface area contributed by atoms with Crippen LogP contribution in [0, 0.1) is 0 Å². The molecule has 2 aromatic rings. The number of ether oxygens (including phenoxy) is 1. The number of nitrogens with one attached hydrogen (secondary N) is 2. The molecule has 2 N–H and O–H groups in total. The number of pyridine rings is 1. The highest BCUT2D eigenvalue weighted by molar-refractivity contribution is 7.15. The Bertz CT molecular complexity index is 673. The molecule has 2 aliphatic rings. The minimum absolute atomic E-state index is 0.00562. The third-order valence-electron chi connectivity index (χ3n) is 4.29. The van der Waals surface area contributed by atoms with Gasteiger partial charge in [0.15, 0.2) is 5.06 Å². The van der Waals surface area contributed by atoms with Gasteiger partial charge in [-0.25, -0.2) is 0 Å². The molecule has 3 atom stereocenters. The van der Waals surface area contributed by atoms with Gasteiger partial charge in [0.25, 0.3) is 5.91 Å². The molecule has 2 saturated heterocycles. The summed E-state index contributed by atoms with van der Waals surface area (Å²) in [5.41, 5.74) is 0. The van der Waals surface area contributed by atoms with E-state index in [1.165, 1.54) is 17.8 Å². The SMILES string of the molecule is O=C(NC1CC2CCC1N2)c1ccc(Oc2ccncc2)s1. The lowest BCUT2D eigenvalue weighted by Crippen LogP contribution is -2.42. The lowest BCUT2D eigenvalue weighted by molar-refractivity contribution is 0.0935. The van der Waals surface area contributed by atoms with Crippen LogP contribution < -0.4 is 15.4 Å². The summed E-state index contributed by atoms with van der Waals surface area (Å²) in [5.74, 6) is 0.718. The molecule has 22 heavy (non-hydrogen) atoms. The third kappa shape index (κ3) is 2.71. The van der Waals surface area contributed by atoms with Gasteiger partial charge in [-0.1, -0.05) is 11.3 Å². The van der Waals surface area contributed by atoms with E-state index < -0.39 is 0 Å². The predicted molar refractivity (Wildman–Crippen MR) is 84.4 cm³/mol. The van der Waals surface area contributed by atoms with Crippen molar-refractivity contribution in [2.24, 2.45) is 0 Å². The number of amides is 1. The van der Waals surface area contributed by atoms with Gasteiger partial charge in [0.1, 0.15) is 5.75 Å². The summed E-state index contributed by atoms with van der Waals surface area (Å²) in [5, 5.41) is 7.39. The van der Waals surface area contributed by atoms with Crippen molar-refractivity contribution in [3.63, 3.8) is 0 Å². The molecule has 0 spiro atoms. The van der Waals surface area contributed by atoms with Crippen LogP contribution >= 0.6 is 11.3 Å². The van der Waals surface area contributed by atoms with Gasteiger partial charge >= 0.3 is 0 Å². The molecule has 2 aromatic heterocycles. The summed E-state index contributed by atoms with van der Waals surface area (Å²) >= 11 is 1.36. The van der Waals surface area contributed by atoms with E-state index in [4.69, 9.17) is 4.74 Å². The summed E-state index contributed by atoms with van der Waals surface area (Å²) in [4.78, 5) is 17.0. The zero-order valence-corrected chi connectivity index (χ0v) is 12.8. The molecule has 2 fully saturated rings. The Balaban J connectivity index is 1.39. The number of carbonyl (C=O) groups is 1. The first-order chi connectivity index (χ1) is 10.8. The largest absolute Gasteiger partial charge is 0.447 e. The Morgan fingerprint density at radius 1 is 1.27 bits per heavy atom. The molecule has 5 nitrogen and oxygen atoms in total. The van der Waals surface area contributed by atoms with Crippen LogP contribution in [0.5, 0.6) is 10.8 Å². The van der Waals surface area contributed by atoms with Crippen molar-refractivity contribution < 1.29 is 9.53 Å². The molecule has 1 amide bonds. The molecule has 2 aliphatic heterocycles. The van der Waals surface area contributed by atoms with Crippen LogP contribution in [0.1, 0.15) is 28.9 Å². The van der Waals surface area contributed by atoms with Crippen molar-refractivity contribution in [3.05, 3.63) is 41.5 Å². The molecular weight excluding hydrogens is 298 g/mol. The van der Waals surface area contributed by atoms with Gasteiger partial charge in [-0.3, -0.25) is 9.78 Å². The van der Waals surface area contributed by atoms with Crippen LogP contribution in [0.15, 0.2) is 36.7 Å². The molecule has 0 aromatic carbocycles. The van der Waals surface area contributed by atoms with Crippen LogP contribution in [0.25, 0.3) is 0 Å². The molecular formula is C16H17N3O2S. The lowest BCUT2D eigenvalue weighted by Gasteiger charge is -2.20. The fourth-order valence-electron chi connectivity index (χ4n) is 3.24. The van der Waals surface area contributed by atoms with Gasteiger partial charge in [-0.15, -0.1) is 0 Å². The molecule has 0 radical (unpaired) electrons. The van der Waals surface area contributed by atoms with Crippen molar-refractivity contribution in [1.29, 1.82) is 0 Å². The highest BCUT2D eigenvalue weighted by Gasteiger charge is 2.39. The van der Waals surface area contributed by atoms with Crippen molar-refractivity contribution in [3.8, 4) is 10.8 Å². The highest BCUT2D eigenvalue weighted by atomic mass is 32.1. The molecule has 3 unspecified atom stereocenters. The van der Waals surface area contributed by atoms with Crippen LogP contribution in [0.4, 0.5) is 0 Å². The fraction of sp³-hybridized carbons (Fsp3) is 0.375. The quantitative estimate of drug-likeness (QED) is 0.910. The lowest BCUT2D eigenvalue weighted by atomic mass is 9.95. The van der Waals surface area contributed by atoms with E-state index in [-0.39, 0.29) is 11.9 Å². The van der Waals surface area contributed by atoms with Crippen molar-refractivity contribution >= 4 is 17.2 Å². The second-order valence-corrected chi connectivity index (χ2v) is 6.81. The number of rotatable bonds is 4. The number of hydrogen-bond donors (Lipinski definition) is 2. The first-order valence-electron chi connectivity index (χ1n) is 7.52. The van der Waals surface area contributed by atoms with Crippen molar-refractivity contribution in [1.82, 2.24) is 15.6 Å². The Morgan fingerprint density at radius 3 is 2.86 bits per heavy atom. The minimum atomic E-state index is -0.00562. The second-order valence-electron chi connectivity index (χ2n) is 5.77. The Hall–Kier alpha value is -1.92. The predicted octanol–water partition coefficient (Wildman–Crippen LogP) is 2.56. The molecule has 4 heterocycles. The average Bonchev–Trinajstić information content (AvgIpc) is 3.24. The van der Waals surface area contributed by atoms with E-state index in [1.807, 2.05) is 12.1 Å². The highest BCUT2D eigenvalue weighted by Crippen LogP contribution is 2.31. The first-order valence-corrected chi connectivity index (χ1v) is 8.34.